The highest BCUT2D eigenvalue weighted by Gasteiger charge is 2.04. The molecular weight excluding hydrogens is 221 g/mol. The Morgan fingerprint density at radius 3 is 2.59 bits per heavy atom. The Morgan fingerprint density at radius 1 is 1.24 bits per heavy atom. The number of aliphatic hydroxyl groups is 1. The largest absolute Gasteiger partial charge is 0.481 e. The van der Waals surface area contributed by atoms with Crippen LogP contribution in [-0.2, 0) is 6.61 Å². The maximum Gasteiger partial charge on any atom is 0.212 e. The quantitative estimate of drug-likeness (QED) is 0.885. The standard InChI is InChI=1S/C13H12FNO2/c1-17-13-5-3-10(7-15-13)9-2-4-12(14)11(6-9)8-16/h2-7,16H,8H2,1H3. The van der Waals surface area contributed by atoms with Crippen molar-refractivity contribution in [2.45, 2.75) is 6.61 Å². The molecule has 88 valence electrons. The Hall–Kier alpha value is -1.94. The summed E-state index contributed by atoms with van der Waals surface area (Å²) in [4.78, 5) is 4.07. The van der Waals surface area contributed by atoms with Gasteiger partial charge in [-0.1, -0.05) is 6.07 Å². The molecule has 2 aromatic rings. The molecule has 0 saturated carbocycles. The van der Waals surface area contributed by atoms with E-state index in [1.165, 1.54) is 6.07 Å². The number of hydrogen-bond donors (Lipinski definition) is 1. The number of ether oxygens (including phenoxy) is 1. The minimum Gasteiger partial charge on any atom is -0.481 e. The zero-order chi connectivity index (χ0) is 12.3. The monoisotopic (exact) mass is 233 g/mol. The molecule has 0 aliphatic carbocycles. The fraction of sp³-hybridized carbons (Fsp3) is 0.154. The van der Waals surface area contributed by atoms with Crippen molar-refractivity contribution in [3.05, 3.63) is 47.9 Å². The van der Waals surface area contributed by atoms with E-state index in [1.807, 2.05) is 6.07 Å². The van der Waals surface area contributed by atoms with E-state index in [4.69, 9.17) is 9.84 Å². The molecule has 0 unspecified atom stereocenters. The van der Waals surface area contributed by atoms with Crippen molar-refractivity contribution in [3.63, 3.8) is 0 Å². The lowest BCUT2D eigenvalue weighted by Gasteiger charge is -2.05. The number of benzene rings is 1. The summed E-state index contributed by atoms with van der Waals surface area (Å²) < 4.78 is 18.2. The number of methoxy groups -OCH3 is 1. The number of rotatable bonds is 3. The number of aliphatic hydroxyl groups excluding tert-OH is 1. The molecule has 0 amide bonds. The molecule has 1 N–H and O–H groups in total. The summed E-state index contributed by atoms with van der Waals surface area (Å²) in [6.07, 6.45) is 1.65. The van der Waals surface area contributed by atoms with Gasteiger partial charge in [-0.3, -0.25) is 0 Å². The molecule has 1 heterocycles. The van der Waals surface area contributed by atoms with E-state index in [-0.39, 0.29) is 12.2 Å². The highest BCUT2D eigenvalue weighted by atomic mass is 19.1. The second kappa shape index (κ2) is 4.93. The molecule has 0 saturated heterocycles. The summed E-state index contributed by atoms with van der Waals surface area (Å²) in [6, 6.07) is 8.17. The second-order valence-corrected chi connectivity index (χ2v) is 3.55. The molecule has 17 heavy (non-hydrogen) atoms. The van der Waals surface area contributed by atoms with E-state index < -0.39 is 5.82 Å². The first-order chi connectivity index (χ1) is 8.24. The minimum absolute atomic E-state index is 0.276. The first-order valence-corrected chi connectivity index (χ1v) is 5.14. The van der Waals surface area contributed by atoms with E-state index in [9.17, 15) is 4.39 Å². The molecule has 0 aliphatic rings. The maximum atomic E-state index is 13.2. The summed E-state index contributed by atoms with van der Waals surface area (Å²) in [7, 11) is 1.55. The van der Waals surface area contributed by atoms with Crippen LogP contribution < -0.4 is 4.74 Å². The molecular formula is C13H12FNO2. The highest BCUT2D eigenvalue weighted by Crippen LogP contribution is 2.22. The van der Waals surface area contributed by atoms with E-state index in [2.05, 4.69) is 4.98 Å². The van der Waals surface area contributed by atoms with E-state index in [0.29, 0.717) is 5.88 Å². The highest BCUT2D eigenvalue weighted by molar-refractivity contribution is 5.63. The van der Waals surface area contributed by atoms with Gasteiger partial charge in [0, 0.05) is 23.4 Å². The third-order valence-electron chi connectivity index (χ3n) is 2.49. The van der Waals surface area contributed by atoms with Crippen molar-refractivity contribution in [2.24, 2.45) is 0 Å². The van der Waals surface area contributed by atoms with Gasteiger partial charge in [0.05, 0.1) is 13.7 Å². The van der Waals surface area contributed by atoms with Crippen LogP contribution in [0.5, 0.6) is 5.88 Å². The Labute approximate surface area is 98.5 Å². The molecule has 2 rings (SSSR count). The van der Waals surface area contributed by atoms with Gasteiger partial charge in [0.15, 0.2) is 0 Å². The van der Waals surface area contributed by atoms with Gasteiger partial charge in [0.2, 0.25) is 5.88 Å². The number of aromatic nitrogens is 1. The smallest absolute Gasteiger partial charge is 0.212 e. The summed E-state index contributed by atoms with van der Waals surface area (Å²) in [5.41, 5.74) is 1.93. The predicted octanol–water partition coefficient (Wildman–Crippen LogP) is 2.39. The lowest BCUT2D eigenvalue weighted by atomic mass is 10.0. The van der Waals surface area contributed by atoms with Gasteiger partial charge >= 0.3 is 0 Å². The van der Waals surface area contributed by atoms with Crippen LogP contribution in [-0.4, -0.2) is 17.2 Å². The molecule has 4 heteroatoms. The van der Waals surface area contributed by atoms with Crippen LogP contribution >= 0.6 is 0 Å². The topological polar surface area (TPSA) is 42.4 Å². The number of pyridine rings is 1. The number of halogens is 1. The first kappa shape index (κ1) is 11.5. The molecule has 0 aliphatic heterocycles. The Kier molecular flexibility index (Phi) is 3.35. The minimum atomic E-state index is -0.405. The molecule has 0 fully saturated rings. The Bertz CT molecular complexity index is 511. The third kappa shape index (κ3) is 2.42. The van der Waals surface area contributed by atoms with Crippen LogP contribution in [0.1, 0.15) is 5.56 Å². The fourth-order valence-corrected chi connectivity index (χ4v) is 1.55. The van der Waals surface area contributed by atoms with Crippen LogP contribution in [0.15, 0.2) is 36.5 Å². The summed E-state index contributed by atoms with van der Waals surface area (Å²) >= 11 is 0. The normalized spacial score (nSPS) is 10.3. The van der Waals surface area contributed by atoms with Gasteiger partial charge in [-0.15, -0.1) is 0 Å². The zero-order valence-electron chi connectivity index (χ0n) is 9.35. The summed E-state index contributed by atoms with van der Waals surface area (Å²) in [5, 5.41) is 9.00. The average molecular weight is 233 g/mol. The van der Waals surface area contributed by atoms with Gasteiger partial charge < -0.3 is 9.84 Å². The van der Waals surface area contributed by atoms with Crippen molar-refractivity contribution < 1.29 is 14.2 Å². The van der Waals surface area contributed by atoms with Crippen LogP contribution in [0, 0.1) is 5.82 Å². The van der Waals surface area contributed by atoms with Crippen molar-refractivity contribution in [1.82, 2.24) is 4.98 Å². The van der Waals surface area contributed by atoms with Gasteiger partial charge in [0.25, 0.3) is 0 Å². The van der Waals surface area contributed by atoms with E-state index >= 15 is 0 Å². The van der Waals surface area contributed by atoms with Crippen molar-refractivity contribution in [3.8, 4) is 17.0 Å². The molecule has 0 bridgehead atoms. The van der Waals surface area contributed by atoms with Crippen molar-refractivity contribution in [1.29, 1.82) is 0 Å². The molecule has 1 aromatic carbocycles. The summed E-state index contributed by atoms with van der Waals surface area (Å²) in [5.74, 6) is 0.121. The molecule has 0 atom stereocenters. The lowest BCUT2D eigenvalue weighted by Crippen LogP contribution is -1.91. The van der Waals surface area contributed by atoms with E-state index in [0.717, 1.165) is 11.1 Å². The Balaban J connectivity index is 2.38. The molecule has 1 aromatic heterocycles. The number of hydrogen-bond acceptors (Lipinski definition) is 3. The zero-order valence-corrected chi connectivity index (χ0v) is 9.35. The van der Waals surface area contributed by atoms with Crippen molar-refractivity contribution >= 4 is 0 Å². The maximum absolute atomic E-state index is 13.2. The first-order valence-electron chi connectivity index (χ1n) is 5.14. The molecule has 3 nitrogen and oxygen atoms in total. The summed E-state index contributed by atoms with van der Waals surface area (Å²) in [6.45, 7) is -0.316. The fourth-order valence-electron chi connectivity index (χ4n) is 1.55. The van der Waals surface area contributed by atoms with Crippen LogP contribution in [0.3, 0.4) is 0 Å². The van der Waals surface area contributed by atoms with Crippen LogP contribution in [0.2, 0.25) is 0 Å². The van der Waals surface area contributed by atoms with Crippen molar-refractivity contribution in [2.75, 3.05) is 7.11 Å². The average Bonchev–Trinajstić information content (AvgIpc) is 2.39. The molecule has 0 radical (unpaired) electrons. The second-order valence-electron chi connectivity index (χ2n) is 3.55. The van der Waals surface area contributed by atoms with Crippen LogP contribution in [0.25, 0.3) is 11.1 Å². The van der Waals surface area contributed by atoms with Gasteiger partial charge in [-0.05, 0) is 23.8 Å². The number of nitrogens with zero attached hydrogens (tertiary/aromatic N) is 1. The Morgan fingerprint density at radius 2 is 2.00 bits per heavy atom. The van der Waals surface area contributed by atoms with E-state index in [1.54, 1.807) is 31.5 Å². The molecule has 0 spiro atoms. The van der Waals surface area contributed by atoms with Gasteiger partial charge in [0.1, 0.15) is 5.82 Å². The van der Waals surface area contributed by atoms with Crippen LogP contribution in [0.4, 0.5) is 4.39 Å². The van der Waals surface area contributed by atoms with Gasteiger partial charge in [-0.2, -0.15) is 0 Å². The SMILES string of the molecule is COc1ccc(-c2ccc(F)c(CO)c2)cn1. The van der Waals surface area contributed by atoms with Gasteiger partial charge in [-0.25, -0.2) is 9.37 Å². The predicted molar refractivity (Wildman–Crippen MR) is 62.1 cm³/mol. The lowest BCUT2D eigenvalue weighted by molar-refractivity contribution is 0.276. The third-order valence-corrected chi connectivity index (χ3v) is 2.49.